The molecule has 2 amide bonds. The van der Waals surface area contributed by atoms with Gasteiger partial charge in [0.15, 0.2) is 0 Å². The lowest BCUT2D eigenvalue weighted by Gasteiger charge is -2.21. The summed E-state index contributed by atoms with van der Waals surface area (Å²) in [6, 6.07) is 14.4. The summed E-state index contributed by atoms with van der Waals surface area (Å²) >= 11 is 0. The van der Waals surface area contributed by atoms with Gasteiger partial charge in [-0.25, -0.2) is 0 Å². The van der Waals surface area contributed by atoms with E-state index in [2.05, 4.69) is 10.6 Å². The number of para-hydroxylation sites is 2. The highest BCUT2D eigenvalue weighted by atomic mass is 16.5. The minimum atomic E-state index is -0.202. The van der Waals surface area contributed by atoms with Gasteiger partial charge in [-0.3, -0.25) is 14.5 Å². The highest BCUT2D eigenvalue weighted by Crippen LogP contribution is 2.22. The van der Waals surface area contributed by atoms with Crippen molar-refractivity contribution in [3.05, 3.63) is 48.5 Å². The Labute approximate surface area is 165 Å². The number of carbonyl (C=O) groups is 2. The molecule has 0 aliphatic rings. The summed E-state index contributed by atoms with van der Waals surface area (Å²) < 4.78 is 10.4. The van der Waals surface area contributed by atoms with Crippen molar-refractivity contribution in [1.82, 2.24) is 4.90 Å². The molecule has 150 valence electrons. The van der Waals surface area contributed by atoms with Crippen LogP contribution in [0.1, 0.15) is 13.3 Å². The molecule has 0 saturated carbocycles. The number of nitrogens with zero attached hydrogens (tertiary/aromatic N) is 1. The van der Waals surface area contributed by atoms with Crippen LogP contribution in [0, 0.1) is 0 Å². The zero-order chi connectivity index (χ0) is 20.4. The van der Waals surface area contributed by atoms with Crippen LogP contribution in [-0.4, -0.2) is 50.6 Å². The molecule has 0 spiro atoms. The minimum absolute atomic E-state index is 0.109. The second-order valence-corrected chi connectivity index (χ2v) is 6.24. The van der Waals surface area contributed by atoms with Gasteiger partial charge >= 0.3 is 0 Å². The van der Waals surface area contributed by atoms with Gasteiger partial charge in [0.2, 0.25) is 11.8 Å². The van der Waals surface area contributed by atoms with Crippen LogP contribution in [0.5, 0.6) is 11.5 Å². The quantitative estimate of drug-likeness (QED) is 0.657. The van der Waals surface area contributed by atoms with E-state index >= 15 is 0 Å². The lowest BCUT2D eigenvalue weighted by Crippen LogP contribution is -2.39. The van der Waals surface area contributed by atoms with Gasteiger partial charge in [0.1, 0.15) is 11.5 Å². The zero-order valence-electron chi connectivity index (χ0n) is 16.5. The number of rotatable bonds is 10. The first-order valence-electron chi connectivity index (χ1n) is 9.14. The fraction of sp³-hybridized carbons (Fsp3) is 0.333. The second-order valence-electron chi connectivity index (χ2n) is 6.24. The fourth-order valence-corrected chi connectivity index (χ4v) is 2.78. The first kappa shape index (κ1) is 21.2. The topological polar surface area (TPSA) is 79.9 Å². The van der Waals surface area contributed by atoms with Crippen molar-refractivity contribution in [1.29, 1.82) is 0 Å². The minimum Gasteiger partial charge on any atom is -0.497 e. The molecule has 0 fully saturated rings. The van der Waals surface area contributed by atoms with Gasteiger partial charge in [0, 0.05) is 11.8 Å². The number of ether oxygens (including phenoxy) is 2. The van der Waals surface area contributed by atoms with Gasteiger partial charge in [-0.15, -0.1) is 0 Å². The van der Waals surface area contributed by atoms with Crippen LogP contribution in [0.25, 0.3) is 0 Å². The average Bonchev–Trinajstić information content (AvgIpc) is 2.68. The summed E-state index contributed by atoms with van der Waals surface area (Å²) in [6.07, 6.45) is 0.828. The van der Waals surface area contributed by atoms with Crippen LogP contribution >= 0.6 is 0 Å². The molecule has 7 heteroatoms. The van der Waals surface area contributed by atoms with Gasteiger partial charge in [-0.05, 0) is 37.2 Å². The van der Waals surface area contributed by atoms with E-state index in [1.165, 1.54) is 0 Å². The number of anilines is 2. The predicted molar refractivity (Wildman–Crippen MR) is 110 cm³/mol. The zero-order valence-corrected chi connectivity index (χ0v) is 16.5. The molecule has 7 nitrogen and oxygen atoms in total. The number of nitrogens with one attached hydrogen (secondary N) is 2. The Bertz CT molecular complexity index is 795. The highest BCUT2D eigenvalue weighted by molar-refractivity contribution is 5.95. The molecule has 0 atom stereocenters. The van der Waals surface area contributed by atoms with E-state index < -0.39 is 0 Å². The van der Waals surface area contributed by atoms with Crippen molar-refractivity contribution in [2.45, 2.75) is 13.3 Å². The summed E-state index contributed by atoms with van der Waals surface area (Å²) in [5.41, 5.74) is 1.26. The maximum Gasteiger partial charge on any atom is 0.238 e. The summed E-state index contributed by atoms with van der Waals surface area (Å²) in [5, 5.41) is 5.67. The molecule has 0 aromatic heterocycles. The number of methoxy groups -OCH3 is 2. The number of benzene rings is 2. The Kier molecular flexibility index (Phi) is 8.30. The van der Waals surface area contributed by atoms with Gasteiger partial charge in [-0.1, -0.05) is 25.1 Å². The van der Waals surface area contributed by atoms with E-state index in [4.69, 9.17) is 9.47 Å². The van der Waals surface area contributed by atoms with Crippen molar-refractivity contribution in [3.63, 3.8) is 0 Å². The largest absolute Gasteiger partial charge is 0.497 e. The first-order chi connectivity index (χ1) is 13.5. The Morgan fingerprint density at radius 3 is 2.32 bits per heavy atom. The SMILES string of the molecule is CCCN(CC(=O)Nc1cccc(OC)c1)CC(=O)Nc1ccccc1OC. The Morgan fingerprint density at radius 2 is 1.64 bits per heavy atom. The molecular formula is C21H27N3O4. The van der Waals surface area contributed by atoms with Crippen LogP contribution in [-0.2, 0) is 9.59 Å². The van der Waals surface area contributed by atoms with Crippen LogP contribution in [0.4, 0.5) is 11.4 Å². The van der Waals surface area contributed by atoms with Crippen molar-refractivity contribution >= 4 is 23.2 Å². The van der Waals surface area contributed by atoms with Gasteiger partial charge < -0.3 is 20.1 Å². The van der Waals surface area contributed by atoms with Crippen LogP contribution in [0.3, 0.4) is 0 Å². The molecule has 0 unspecified atom stereocenters. The summed E-state index contributed by atoms with van der Waals surface area (Å²) in [7, 11) is 3.13. The van der Waals surface area contributed by atoms with Crippen molar-refractivity contribution in [2.75, 3.05) is 44.5 Å². The predicted octanol–water partition coefficient (Wildman–Crippen LogP) is 2.99. The van der Waals surface area contributed by atoms with E-state index in [9.17, 15) is 9.59 Å². The number of amides is 2. The number of hydrogen-bond acceptors (Lipinski definition) is 5. The standard InChI is InChI=1S/C21H27N3O4/c1-4-12-24(14-20(25)22-16-8-7-9-17(13-16)27-2)15-21(26)23-18-10-5-6-11-19(18)28-3/h5-11,13H,4,12,14-15H2,1-3H3,(H,22,25)(H,23,26). The third-order valence-electron chi connectivity index (χ3n) is 4.01. The van der Waals surface area contributed by atoms with Gasteiger partial charge in [0.05, 0.1) is 33.0 Å². The third kappa shape index (κ3) is 6.59. The maximum absolute atomic E-state index is 12.4. The number of carbonyl (C=O) groups excluding carboxylic acids is 2. The van der Waals surface area contributed by atoms with Crippen molar-refractivity contribution in [2.24, 2.45) is 0 Å². The molecule has 0 saturated heterocycles. The van der Waals surface area contributed by atoms with Crippen LogP contribution in [0.15, 0.2) is 48.5 Å². The van der Waals surface area contributed by atoms with E-state index in [1.807, 2.05) is 19.1 Å². The summed E-state index contributed by atoms with van der Waals surface area (Å²) in [4.78, 5) is 26.6. The van der Waals surface area contributed by atoms with E-state index in [0.29, 0.717) is 29.4 Å². The molecule has 2 rings (SSSR count). The monoisotopic (exact) mass is 385 g/mol. The lowest BCUT2D eigenvalue weighted by molar-refractivity contribution is -0.120. The molecule has 0 radical (unpaired) electrons. The van der Waals surface area contributed by atoms with Crippen LogP contribution < -0.4 is 20.1 Å². The highest BCUT2D eigenvalue weighted by Gasteiger charge is 2.15. The maximum atomic E-state index is 12.4. The second kappa shape index (κ2) is 10.9. The third-order valence-corrected chi connectivity index (χ3v) is 4.01. The Hall–Kier alpha value is -3.06. The molecule has 2 N–H and O–H groups in total. The molecule has 2 aromatic rings. The van der Waals surface area contributed by atoms with Gasteiger partial charge in [-0.2, -0.15) is 0 Å². The first-order valence-corrected chi connectivity index (χ1v) is 9.14. The molecular weight excluding hydrogens is 358 g/mol. The Balaban J connectivity index is 1.94. The molecule has 0 bridgehead atoms. The Morgan fingerprint density at radius 1 is 0.929 bits per heavy atom. The van der Waals surface area contributed by atoms with E-state index in [1.54, 1.807) is 55.5 Å². The van der Waals surface area contributed by atoms with E-state index in [0.717, 1.165) is 6.42 Å². The molecule has 0 aliphatic heterocycles. The molecule has 0 heterocycles. The molecule has 0 aliphatic carbocycles. The normalized spacial score (nSPS) is 10.4. The fourth-order valence-electron chi connectivity index (χ4n) is 2.78. The average molecular weight is 385 g/mol. The summed E-state index contributed by atoms with van der Waals surface area (Å²) in [5.74, 6) is 0.868. The van der Waals surface area contributed by atoms with Gasteiger partial charge in [0.25, 0.3) is 0 Å². The molecule has 28 heavy (non-hydrogen) atoms. The summed E-state index contributed by atoms with van der Waals surface area (Å²) in [6.45, 7) is 2.86. The van der Waals surface area contributed by atoms with Crippen LogP contribution in [0.2, 0.25) is 0 Å². The van der Waals surface area contributed by atoms with Crippen molar-refractivity contribution < 1.29 is 19.1 Å². The lowest BCUT2D eigenvalue weighted by atomic mass is 10.3. The molecule has 2 aromatic carbocycles. The smallest absolute Gasteiger partial charge is 0.238 e. The van der Waals surface area contributed by atoms with Crippen molar-refractivity contribution in [3.8, 4) is 11.5 Å². The number of hydrogen-bond donors (Lipinski definition) is 2. The van der Waals surface area contributed by atoms with E-state index in [-0.39, 0.29) is 24.9 Å².